The second kappa shape index (κ2) is 7.14. The van der Waals surface area contributed by atoms with E-state index >= 15 is 0 Å². The summed E-state index contributed by atoms with van der Waals surface area (Å²) in [7, 11) is 0. The van der Waals surface area contributed by atoms with Crippen molar-refractivity contribution < 1.29 is 4.42 Å². The van der Waals surface area contributed by atoms with Gasteiger partial charge in [-0.1, -0.05) is 48.5 Å². The first-order valence-corrected chi connectivity index (χ1v) is 10.1. The first-order chi connectivity index (χ1) is 14.2. The molecule has 5 rings (SSSR count). The zero-order valence-electron chi connectivity index (χ0n) is 15.7. The van der Waals surface area contributed by atoms with E-state index in [1.165, 1.54) is 11.3 Å². The Hall–Kier alpha value is -3.51. The molecule has 6 heteroatoms. The molecule has 0 radical (unpaired) electrons. The Morgan fingerprint density at radius 1 is 1.00 bits per heavy atom. The highest BCUT2D eigenvalue weighted by Gasteiger charge is 2.16. The molecule has 0 N–H and O–H groups in total. The summed E-state index contributed by atoms with van der Waals surface area (Å²) in [6.45, 7) is 2.18. The van der Waals surface area contributed by atoms with Crippen LogP contribution in [0.4, 0.5) is 0 Å². The monoisotopic (exact) mass is 399 g/mol. The van der Waals surface area contributed by atoms with Gasteiger partial charge in [-0.05, 0) is 24.6 Å². The molecule has 5 nitrogen and oxygen atoms in total. The van der Waals surface area contributed by atoms with Gasteiger partial charge in [0.25, 0.3) is 5.56 Å². The van der Waals surface area contributed by atoms with Gasteiger partial charge in [0.1, 0.15) is 16.3 Å². The third kappa shape index (κ3) is 3.17. The number of nitrogens with zero attached hydrogens (tertiary/aromatic N) is 3. The topological polar surface area (TPSA) is 60.9 Å². The summed E-state index contributed by atoms with van der Waals surface area (Å²) in [5.74, 6) is 1.25. The standard InChI is InChI=1S/C23H17N3O2S/c1-15-19(25-21(28-15)17-10-6-3-7-11-17)12-26-14-24-22-20(23(26)27)18(13-29-22)16-8-4-2-5-9-16/h2-11,13-14H,12H2,1H3. The molecule has 142 valence electrons. The molecule has 3 aromatic heterocycles. The Bertz CT molecular complexity index is 1350. The van der Waals surface area contributed by atoms with E-state index in [9.17, 15) is 4.79 Å². The lowest BCUT2D eigenvalue weighted by molar-refractivity contribution is 0.537. The number of aryl methyl sites for hydroxylation is 1. The van der Waals surface area contributed by atoms with Gasteiger partial charge in [0, 0.05) is 16.5 Å². The van der Waals surface area contributed by atoms with E-state index in [0.717, 1.165) is 27.2 Å². The number of fused-ring (bicyclic) bond motifs is 1. The lowest BCUT2D eigenvalue weighted by Crippen LogP contribution is -2.21. The van der Waals surface area contributed by atoms with Gasteiger partial charge in [0.2, 0.25) is 5.89 Å². The maximum Gasteiger partial charge on any atom is 0.263 e. The SMILES string of the molecule is Cc1oc(-c2ccccc2)nc1Cn1cnc2scc(-c3ccccc3)c2c1=O. The normalized spacial score (nSPS) is 11.2. The maximum absolute atomic E-state index is 13.2. The van der Waals surface area contributed by atoms with E-state index in [0.29, 0.717) is 23.6 Å². The highest BCUT2D eigenvalue weighted by molar-refractivity contribution is 7.17. The van der Waals surface area contributed by atoms with Crippen LogP contribution in [-0.2, 0) is 6.54 Å². The number of benzene rings is 2. The predicted octanol–water partition coefficient (Wildman–Crippen LogP) is 5.14. The van der Waals surface area contributed by atoms with Crippen LogP contribution >= 0.6 is 11.3 Å². The van der Waals surface area contributed by atoms with Gasteiger partial charge in [-0.25, -0.2) is 9.97 Å². The average Bonchev–Trinajstić information content (AvgIpc) is 3.36. The van der Waals surface area contributed by atoms with Crippen molar-refractivity contribution in [1.29, 1.82) is 0 Å². The highest BCUT2D eigenvalue weighted by Crippen LogP contribution is 2.30. The Labute approximate surface area is 170 Å². The van der Waals surface area contributed by atoms with Crippen LogP contribution in [0.5, 0.6) is 0 Å². The molecule has 0 aliphatic heterocycles. The fourth-order valence-corrected chi connectivity index (χ4v) is 4.26. The van der Waals surface area contributed by atoms with Crippen LogP contribution in [0.3, 0.4) is 0 Å². The van der Waals surface area contributed by atoms with Crippen molar-refractivity contribution in [1.82, 2.24) is 14.5 Å². The minimum absolute atomic E-state index is 0.0706. The van der Waals surface area contributed by atoms with E-state index in [4.69, 9.17) is 4.42 Å². The van der Waals surface area contributed by atoms with Gasteiger partial charge >= 0.3 is 0 Å². The van der Waals surface area contributed by atoms with Crippen molar-refractivity contribution in [2.45, 2.75) is 13.5 Å². The number of oxazole rings is 1. The molecular weight excluding hydrogens is 382 g/mol. The zero-order chi connectivity index (χ0) is 19.8. The minimum Gasteiger partial charge on any atom is -0.441 e. The molecule has 0 amide bonds. The summed E-state index contributed by atoms with van der Waals surface area (Å²) < 4.78 is 7.43. The molecule has 0 unspecified atom stereocenters. The molecule has 0 bridgehead atoms. The Kier molecular flexibility index (Phi) is 4.33. The second-order valence-electron chi connectivity index (χ2n) is 6.76. The second-order valence-corrected chi connectivity index (χ2v) is 7.62. The molecule has 0 aliphatic carbocycles. The molecule has 29 heavy (non-hydrogen) atoms. The van der Waals surface area contributed by atoms with E-state index < -0.39 is 0 Å². The average molecular weight is 399 g/mol. The van der Waals surface area contributed by atoms with Crippen LogP contribution in [0.25, 0.3) is 32.8 Å². The van der Waals surface area contributed by atoms with Crippen LogP contribution in [0.2, 0.25) is 0 Å². The van der Waals surface area contributed by atoms with Gasteiger partial charge in [0.05, 0.1) is 18.3 Å². The number of rotatable bonds is 4. The summed E-state index contributed by atoms with van der Waals surface area (Å²) in [6, 6.07) is 19.7. The van der Waals surface area contributed by atoms with Gasteiger partial charge in [-0.3, -0.25) is 9.36 Å². The summed E-state index contributed by atoms with van der Waals surface area (Å²) in [5.41, 5.74) is 3.49. The van der Waals surface area contributed by atoms with E-state index in [1.807, 2.05) is 73.0 Å². The van der Waals surface area contributed by atoms with Crippen LogP contribution in [0.15, 0.2) is 81.6 Å². The van der Waals surface area contributed by atoms with Gasteiger partial charge in [0.15, 0.2) is 0 Å². The largest absolute Gasteiger partial charge is 0.441 e. The number of hydrogen-bond donors (Lipinski definition) is 0. The predicted molar refractivity (Wildman–Crippen MR) is 115 cm³/mol. The van der Waals surface area contributed by atoms with Crippen molar-refractivity contribution in [3.8, 4) is 22.6 Å². The Morgan fingerprint density at radius 3 is 2.41 bits per heavy atom. The summed E-state index contributed by atoms with van der Waals surface area (Å²) >= 11 is 1.48. The molecule has 3 heterocycles. The third-order valence-corrected chi connectivity index (χ3v) is 5.77. The summed E-state index contributed by atoms with van der Waals surface area (Å²) in [5, 5.41) is 2.64. The van der Waals surface area contributed by atoms with Crippen molar-refractivity contribution in [3.63, 3.8) is 0 Å². The maximum atomic E-state index is 13.2. The Morgan fingerprint density at radius 2 is 1.69 bits per heavy atom. The lowest BCUT2D eigenvalue weighted by atomic mass is 10.1. The van der Waals surface area contributed by atoms with Crippen molar-refractivity contribution in [2.75, 3.05) is 0 Å². The number of aromatic nitrogens is 3. The summed E-state index contributed by atoms with van der Waals surface area (Å²) in [6.07, 6.45) is 1.59. The molecular formula is C23H17N3O2S. The van der Waals surface area contributed by atoms with Gasteiger partial charge in [-0.2, -0.15) is 0 Å². The molecule has 0 saturated heterocycles. The molecule has 0 fully saturated rings. The van der Waals surface area contributed by atoms with E-state index in [1.54, 1.807) is 10.9 Å². The van der Waals surface area contributed by atoms with Gasteiger partial charge < -0.3 is 4.42 Å². The molecule has 2 aromatic carbocycles. The van der Waals surface area contributed by atoms with Crippen LogP contribution in [-0.4, -0.2) is 14.5 Å². The molecule has 0 aliphatic rings. The first-order valence-electron chi connectivity index (χ1n) is 9.24. The van der Waals surface area contributed by atoms with Crippen LogP contribution < -0.4 is 5.56 Å². The van der Waals surface area contributed by atoms with E-state index in [2.05, 4.69) is 9.97 Å². The fraction of sp³-hybridized carbons (Fsp3) is 0.0870. The minimum atomic E-state index is -0.0706. The molecule has 5 aromatic rings. The first kappa shape index (κ1) is 17.6. The van der Waals surface area contributed by atoms with Gasteiger partial charge in [-0.15, -0.1) is 11.3 Å². The van der Waals surface area contributed by atoms with Crippen LogP contribution in [0.1, 0.15) is 11.5 Å². The van der Waals surface area contributed by atoms with E-state index in [-0.39, 0.29) is 5.56 Å². The Balaban J connectivity index is 1.56. The summed E-state index contributed by atoms with van der Waals surface area (Å²) in [4.78, 5) is 23.1. The lowest BCUT2D eigenvalue weighted by Gasteiger charge is -2.05. The fourth-order valence-electron chi connectivity index (χ4n) is 3.35. The number of thiophene rings is 1. The van der Waals surface area contributed by atoms with Crippen molar-refractivity contribution in [3.05, 3.63) is 94.2 Å². The van der Waals surface area contributed by atoms with Crippen molar-refractivity contribution >= 4 is 21.6 Å². The molecule has 0 saturated carbocycles. The quantitative estimate of drug-likeness (QED) is 0.420. The highest BCUT2D eigenvalue weighted by atomic mass is 32.1. The van der Waals surface area contributed by atoms with Crippen molar-refractivity contribution in [2.24, 2.45) is 0 Å². The third-order valence-electron chi connectivity index (χ3n) is 4.88. The molecule has 0 atom stereocenters. The zero-order valence-corrected chi connectivity index (χ0v) is 16.5. The smallest absolute Gasteiger partial charge is 0.263 e. The number of hydrogen-bond acceptors (Lipinski definition) is 5. The van der Waals surface area contributed by atoms with Crippen LogP contribution in [0, 0.1) is 6.92 Å². The molecule has 0 spiro atoms.